The predicted octanol–water partition coefficient (Wildman–Crippen LogP) is 1.89. The van der Waals surface area contributed by atoms with Gasteiger partial charge in [-0.2, -0.15) is 13.2 Å². The normalized spacial score (nSPS) is 24.6. The molecule has 3 saturated heterocycles. The number of fused-ring (bicyclic) bond motifs is 3. The minimum absolute atomic E-state index is 0.0561. The van der Waals surface area contributed by atoms with Crippen LogP contribution >= 0.6 is 0 Å². The minimum atomic E-state index is -4.47. The summed E-state index contributed by atoms with van der Waals surface area (Å²) in [5, 5.41) is 6.89. The third-order valence-corrected chi connectivity index (χ3v) is 5.71. The van der Waals surface area contributed by atoms with Crippen molar-refractivity contribution in [2.24, 2.45) is 11.8 Å². The van der Waals surface area contributed by atoms with Gasteiger partial charge in [0.15, 0.2) is 0 Å². The number of carbonyl (C=O) groups is 2. The molecule has 0 aliphatic carbocycles. The van der Waals surface area contributed by atoms with Crippen LogP contribution in [0.2, 0.25) is 0 Å². The SMILES string of the molecule is O=C(C1CCOCC1)N1C[C@H]2COC[C@@H]1CN(c1ncccc1C(F)(F)F)C2.O=CO. The lowest BCUT2D eigenvalue weighted by atomic mass is 9.97. The van der Waals surface area contributed by atoms with Crippen LogP contribution in [0.25, 0.3) is 0 Å². The number of hydrogen-bond donors (Lipinski definition) is 1. The van der Waals surface area contributed by atoms with E-state index in [2.05, 4.69) is 4.98 Å². The highest BCUT2D eigenvalue weighted by molar-refractivity contribution is 5.79. The van der Waals surface area contributed by atoms with Crippen LogP contribution in [0.15, 0.2) is 18.3 Å². The van der Waals surface area contributed by atoms with Crippen molar-refractivity contribution < 1.29 is 37.3 Å². The standard InChI is InChI=1S/C19H24F3N3O3.CH2O2/c20-19(21,22)16-2-1-5-23-17(16)24-8-13-9-25(15(10-24)12-28-11-13)18(26)14-3-6-27-7-4-14;2-1-3/h1-2,5,13-15H,3-4,6-12H2;1H,(H,2,3)/t13-,15-;/m0./s1. The number of halogens is 3. The van der Waals surface area contributed by atoms with Crippen LogP contribution < -0.4 is 4.90 Å². The largest absolute Gasteiger partial charge is 0.483 e. The molecular weight excluding hydrogens is 419 g/mol. The van der Waals surface area contributed by atoms with E-state index in [-0.39, 0.29) is 42.6 Å². The number of alkyl halides is 3. The van der Waals surface area contributed by atoms with E-state index in [4.69, 9.17) is 19.4 Å². The molecule has 3 aliphatic heterocycles. The Morgan fingerprint density at radius 1 is 1.16 bits per heavy atom. The monoisotopic (exact) mass is 445 g/mol. The molecule has 0 saturated carbocycles. The minimum Gasteiger partial charge on any atom is -0.483 e. The third-order valence-electron chi connectivity index (χ3n) is 5.71. The lowest BCUT2D eigenvalue weighted by Crippen LogP contribution is -2.49. The molecule has 4 rings (SSSR count). The Hall–Kier alpha value is -2.40. The molecule has 3 aliphatic rings. The van der Waals surface area contributed by atoms with Crippen molar-refractivity contribution >= 4 is 18.2 Å². The van der Waals surface area contributed by atoms with Crippen molar-refractivity contribution in [3.63, 3.8) is 0 Å². The number of pyridine rings is 1. The first-order valence-corrected chi connectivity index (χ1v) is 10.2. The van der Waals surface area contributed by atoms with E-state index in [1.807, 2.05) is 4.90 Å². The lowest BCUT2D eigenvalue weighted by Gasteiger charge is -2.35. The summed E-state index contributed by atoms with van der Waals surface area (Å²) in [6.07, 6.45) is -1.71. The second-order valence-electron chi connectivity index (χ2n) is 7.82. The molecule has 0 aromatic carbocycles. The highest BCUT2D eigenvalue weighted by Crippen LogP contribution is 2.36. The number of hydrogen-bond acceptors (Lipinski definition) is 6. The Balaban J connectivity index is 0.000000858. The van der Waals surface area contributed by atoms with Crippen molar-refractivity contribution in [3.8, 4) is 0 Å². The molecule has 0 spiro atoms. The van der Waals surface area contributed by atoms with Crippen molar-refractivity contribution in [2.75, 3.05) is 51.0 Å². The highest BCUT2D eigenvalue weighted by atomic mass is 19.4. The lowest BCUT2D eigenvalue weighted by molar-refractivity contribution is -0.141. The average molecular weight is 445 g/mol. The quantitative estimate of drug-likeness (QED) is 0.695. The van der Waals surface area contributed by atoms with Gasteiger partial charge in [0.25, 0.3) is 6.47 Å². The van der Waals surface area contributed by atoms with Gasteiger partial charge in [-0.05, 0) is 25.0 Å². The molecule has 1 aromatic rings. The van der Waals surface area contributed by atoms with Crippen LogP contribution in [0, 0.1) is 11.8 Å². The van der Waals surface area contributed by atoms with Crippen LogP contribution in [0.1, 0.15) is 18.4 Å². The van der Waals surface area contributed by atoms with E-state index in [9.17, 15) is 18.0 Å². The Morgan fingerprint density at radius 3 is 2.55 bits per heavy atom. The van der Waals surface area contributed by atoms with Gasteiger partial charge in [0, 0.05) is 50.9 Å². The average Bonchev–Trinajstić information content (AvgIpc) is 3.05. The zero-order chi connectivity index (χ0) is 22.4. The number of carbonyl (C=O) groups excluding carboxylic acids is 1. The second kappa shape index (κ2) is 10.3. The number of nitrogens with zero attached hydrogens (tertiary/aromatic N) is 3. The third kappa shape index (κ3) is 5.65. The van der Waals surface area contributed by atoms with Gasteiger partial charge in [-0.3, -0.25) is 9.59 Å². The zero-order valence-corrected chi connectivity index (χ0v) is 17.0. The topological polar surface area (TPSA) is 92.2 Å². The van der Waals surface area contributed by atoms with Crippen molar-refractivity contribution in [3.05, 3.63) is 23.9 Å². The predicted molar refractivity (Wildman–Crippen MR) is 103 cm³/mol. The van der Waals surface area contributed by atoms with Gasteiger partial charge in [-0.25, -0.2) is 4.98 Å². The van der Waals surface area contributed by atoms with Crippen LogP contribution in [-0.2, 0) is 25.2 Å². The summed E-state index contributed by atoms with van der Waals surface area (Å²) in [7, 11) is 0. The Kier molecular flexibility index (Phi) is 7.71. The molecule has 4 heterocycles. The molecule has 172 valence electrons. The molecule has 1 amide bonds. The first-order valence-electron chi connectivity index (χ1n) is 10.2. The number of ether oxygens (including phenoxy) is 2. The van der Waals surface area contributed by atoms with Gasteiger partial charge in [-0.1, -0.05) is 0 Å². The molecule has 2 bridgehead atoms. The molecule has 2 atom stereocenters. The summed E-state index contributed by atoms with van der Waals surface area (Å²) in [5.74, 6) is -0.128. The van der Waals surface area contributed by atoms with E-state index in [1.54, 1.807) is 4.90 Å². The zero-order valence-electron chi connectivity index (χ0n) is 17.0. The summed E-state index contributed by atoms with van der Waals surface area (Å²) in [6, 6.07) is 2.07. The van der Waals surface area contributed by atoms with Gasteiger partial charge in [0.2, 0.25) is 5.91 Å². The molecule has 3 fully saturated rings. The summed E-state index contributed by atoms with van der Waals surface area (Å²) in [6.45, 7) is 2.83. The van der Waals surface area contributed by atoms with Crippen LogP contribution in [0.3, 0.4) is 0 Å². The maximum Gasteiger partial charge on any atom is 0.419 e. The fraction of sp³-hybridized carbons (Fsp3) is 0.650. The fourth-order valence-corrected chi connectivity index (χ4v) is 4.34. The van der Waals surface area contributed by atoms with E-state index < -0.39 is 11.7 Å². The molecule has 1 N–H and O–H groups in total. The number of carboxylic acid groups (broad SMARTS) is 1. The summed E-state index contributed by atoms with van der Waals surface area (Å²) >= 11 is 0. The van der Waals surface area contributed by atoms with Crippen molar-refractivity contribution in [1.82, 2.24) is 9.88 Å². The summed E-state index contributed by atoms with van der Waals surface area (Å²) in [4.78, 5) is 29.0. The van der Waals surface area contributed by atoms with E-state index >= 15 is 0 Å². The second-order valence-corrected chi connectivity index (χ2v) is 7.82. The van der Waals surface area contributed by atoms with E-state index in [0.717, 1.165) is 6.07 Å². The number of anilines is 1. The number of rotatable bonds is 2. The number of aromatic nitrogens is 1. The fourth-order valence-electron chi connectivity index (χ4n) is 4.34. The van der Waals surface area contributed by atoms with Crippen LogP contribution in [0.4, 0.5) is 19.0 Å². The highest BCUT2D eigenvalue weighted by Gasteiger charge is 2.41. The number of amides is 1. The molecule has 11 heteroatoms. The smallest absolute Gasteiger partial charge is 0.419 e. The Morgan fingerprint density at radius 2 is 1.87 bits per heavy atom. The first kappa shape index (κ1) is 23.3. The van der Waals surface area contributed by atoms with Crippen molar-refractivity contribution in [1.29, 1.82) is 0 Å². The van der Waals surface area contributed by atoms with Gasteiger partial charge >= 0.3 is 6.18 Å². The van der Waals surface area contributed by atoms with Crippen LogP contribution in [-0.4, -0.2) is 79.5 Å². The molecular formula is C20H26F3N3O5. The molecule has 31 heavy (non-hydrogen) atoms. The van der Waals surface area contributed by atoms with Gasteiger partial charge in [0.1, 0.15) is 5.82 Å². The molecule has 0 unspecified atom stereocenters. The molecule has 0 radical (unpaired) electrons. The first-order chi connectivity index (χ1) is 14.8. The Bertz CT molecular complexity index is 758. The summed E-state index contributed by atoms with van der Waals surface area (Å²) < 4.78 is 51.5. The Labute approximate surface area is 177 Å². The van der Waals surface area contributed by atoms with Gasteiger partial charge in [0.05, 0.1) is 24.8 Å². The summed E-state index contributed by atoms with van der Waals surface area (Å²) in [5.41, 5.74) is -0.738. The maximum atomic E-state index is 13.5. The molecule has 8 nitrogen and oxygen atoms in total. The van der Waals surface area contributed by atoms with E-state index in [0.29, 0.717) is 52.4 Å². The van der Waals surface area contributed by atoms with E-state index in [1.165, 1.54) is 12.3 Å². The van der Waals surface area contributed by atoms with Gasteiger partial charge < -0.3 is 24.4 Å². The van der Waals surface area contributed by atoms with Crippen LogP contribution in [0.5, 0.6) is 0 Å². The molecule has 1 aromatic heterocycles. The maximum absolute atomic E-state index is 13.5. The van der Waals surface area contributed by atoms with Gasteiger partial charge in [-0.15, -0.1) is 0 Å². The van der Waals surface area contributed by atoms with Crippen molar-refractivity contribution in [2.45, 2.75) is 25.1 Å².